The van der Waals surface area contributed by atoms with Crippen molar-refractivity contribution in [3.05, 3.63) is 0 Å². The van der Waals surface area contributed by atoms with Gasteiger partial charge in [0.2, 0.25) is 0 Å². The van der Waals surface area contributed by atoms with Gasteiger partial charge in [-0.2, -0.15) is 0 Å². The zero-order valence-electron chi connectivity index (χ0n) is 13.3. The first-order valence-corrected chi connectivity index (χ1v) is 8.13. The van der Waals surface area contributed by atoms with E-state index in [4.69, 9.17) is 4.74 Å². The summed E-state index contributed by atoms with van der Waals surface area (Å²) in [5.41, 5.74) is -0.391. The Labute approximate surface area is 123 Å². The number of carbonyl (C=O) groups is 1. The van der Waals surface area contributed by atoms with Crippen molar-refractivity contribution < 1.29 is 9.53 Å². The lowest BCUT2D eigenvalue weighted by Crippen LogP contribution is -2.43. The van der Waals surface area contributed by atoms with Crippen molar-refractivity contribution in [3.63, 3.8) is 0 Å². The molecule has 1 aliphatic carbocycles. The van der Waals surface area contributed by atoms with Crippen molar-refractivity contribution in [2.75, 3.05) is 26.2 Å². The summed E-state index contributed by atoms with van der Waals surface area (Å²) in [5, 5.41) is 3.57. The van der Waals surface area contributed by atoms with Crippen LogP contribution in [0.5, 0.6) is 0 Å². The SMILES string of the molecule is CC(C)(C)OC(=O)N1CCC(CNCCC2CC2)CC1. The Hall–Kier alpha value is -0.770. The molecule has 1 saturated carbocycles. The maximum atomic E-state index is 12.0. The number of hydrogen-bond acceptors (Lipinski definition) is 3. The Balaban J connectivity index is 1.57. The van der Waals surface area contributed by atoms with Gasteiger partial charge in [0.15, 0.2) is 0 Å². The summed E-state index contributed by atoms with van der Waals surface area (Å²) in [6, 6.07) is 0. The number of amides is 1. The molecule has 4 heteroatoms. The lowest BCUT2D eigenvalue weighted by atomic mass is 9.97. The molecule has 0 aromatic rings. The molecular formula is C16H30N2O2. The number of nitrogens with zero attached hydrogens (tertiary/aromatic N) is 1. The second-order valence-corrected chi connectivity index (χ2v) is 7.35. The molecular weight excluding hydrogens is 252 g/mol. The lowest BCUT2D eigenvalue weighted by Gasteiger charge is -2.33. The smallest absolute Gasteiger partial charge is 0.410 e. The van der Waals surface area contributed by atoms with E-state index in [-0.39, 0.29) is 6.09 Å². The minimum atomic E-state index is -0.391. The molecule has 1 heterocycles. The molecule has 1 amide bonds. The third-order valence-corrected chi connectivity index (χ3v) is 4.13. The number of hydrogen-bond donors (Lipinski definition) is 1. The average Bonchev–Trinajstić information content (AvgIpc) is 3.17. The summed E-state index contributed by atoms with van der Waals surface area (Å²) in [7, 11) is 0. The molecule has 0 aromatic heterocycles. The predicted molar refractivity (Wildman–Crippen MR) is 80.7 cm³/mol. The second-order valence-electron chi connectivity index (χ2n) is 7.35. The Morgan fingerprint density at radius 1 is 1.15 bits per heavy atom. The second kappa shape index (κ2) is 6.79. The summed E-state index contributed by atoms with van der Waals surface area (Å²) in [4.78, 5) is 13.8. The lowest BCUT2D eigenvalue weighted by molar-refractivity contribution is 0.0184. The van der Waals surface area contributed by atoms with Crippen molar-refractivity contribution in [2.45, 2.75) is 58.5 Å². The van der Waals surface area contributed by atoms with Gasteiger partial charge in [0.1, 0.15) is 5.60 Å². The zero-order chi connectivity index (χ0) is 14.6. The van der Waals surface area contributed by atoms with Crippen molar-refractivity contribution in [3.8, 4) is 0 Å². The van der Waals surface area contributed by atoms with E-state index < -0.39 is 5.60 Å². The molecule has 4 nitrogen and oxygen atoms in total. The number of carbonyl (C=O) groups excluding carboxylic acids is 1. The maximum absolute atomic E-state index is 12.0. The van der Waals surface area contributed by atoms with Gasteiger partial charge in [0.05, 0.1) is 0 Å². The summed E-state index contributed by atoms with van der Waals surface area (Å²) in [6.07, 6.45) is 6.26. The number of likely N-dealkylation sites (tertiary alicyclic amines) is 1. The highest BCUT2D eigenvalue weighted by Gasteiger charge is 2.26. The van der Waals surface area contributed by atoms with Crippen LogP contribution in [0.25, 0.3) is 0 Å². The highest BCUT2D eigenvalue weighted by molar-refractivity contribution is 5.68. The normalized spacial score (nSPS) is 21.1. The van der Waals surface area contributed by atoms with E-state index in [0.717, 1.165) is 44.9 Å². The largest absolute Gasteiger partial charge is 0.444 e. The van der Waals surface area contributed by atoms with Crippen LogP contribution in [0.4, 0.5) is 4.79 Å². The van der Waals surface area contributed by atoms with Crippen LogP contribution in [0.3, 0.4) is 0 Å². The fourth-order valence-corrected chi connectivity index (χ4v) is 2.67. The topological polar surface area (TPSA) is 41.6 Å². The number of rotatable bonds is 5. The first-order valence-electron chi connectivity index (χ1n) is 8.13. The summed E-state index contributed by atoms with van der Waals surface area (Å²) < 4.78 is 5.42. The third kappa shape index (κ3) is 5.70. The van der Waals surface area contributed by atoms with Crippen molar-refractivity contribution in [1.82, 2.24) is 10.2 Å². The quantitative estimate of drug-likeness (QED) is 0.788. The van der Waals surface area contributed by atoms with Crippen LogP contribution < -0.4 is 5.32 Å². The number of nitrogens with one attached hydrogen (secondary N) is 1. The molecule has 116 valence electrons. The van der Waals surface area contributed by atoms with Crippen LogP contribution in [-0.4, -0.2) is 42.8 Å². The van der Waals surface area contributed by atoms with Gasteiger partial charge >= 0.3 is 6.09 Å². The average molecular weight is 282 g/mol. The Morgan fingerprint density at radius 2 is 1.80 bits per heavy atom. The van der Waals surface area contributed by atoms with E-state index in [0.29, 0.717) is 5.92 Å². The fourth-order valence-electron chi connectivity index (χ4n) is 2.67. The first-order chi connectivity index (χ1) is 9.44. The molecule has 2 aliphatic rings. The molecule has 2 rings (SSSR count). The van der Waals surface area contributed by atoms with Gasteiger partial charge in [-0.3, -0.25) is 0 Å². The highest BCUT2D eigenvalue weighted by atomic mass is 16.6. The van der Waals surface area contributed by atoms with E-state index in [1.54, 1.807) is 0 Å². The molecule has 1 saturated heterocycles. The third-order valence-electron chi connectivity index (χ3n) is 4.13. The van der Waals surface area contributed by atoms with Gasteiger partial charge < -0.3 is 15.0 Å². The molecule has 0 unspecified atom stereocenters. The molecule has 2 fully saturated rings. The fraction of sp³-hybridized carbons (Fsp3) is 0.938. The maximum Gasteiger partial charge on any atom is 0.410 e. The van der Waals surface area contributed by atoms with E-state index in [2.05, 4.69) is 5.32 Å². The molecule has 0 bridgehead atoms. The molecule has 1 N–H and O–H groups in total. The molecule has 0 aromatic carbocycles. The van der Waals surface area contributed by atoms with E-state index in [9.17, 15) is 4.79 Å². The predicted octanol–water partition coefficient (Wildman–Crippen LogP) is 3.02. The van der Waals surface area contributed by atoms with Crippen molar-refractivity contribution in [2.24, 2.45) is 11.8 Å². The highest BCUT2D eigenvalue weighted by Crippen LogP contribution is 2.31. The minimum Gasteiger partial charge on any atom is -0.444 e. The van der Waals surface area contributed by atoms with Gasteiger partial charge in [0.25, 0.3) is 0 Å². The Morgan fingerprint density at radius 3 is 2.35 bits per heavy atom. The van der Waals surface area contributed by atoms with Crippen LogP contribution in [-0.2, 0) is 4.74 Å². The Bertz CT molecular complexity index is 313. The van der Waals surface area contributed by atoms with Crippen LogP contribution in [0.2, 0.25) is 0 Å². The molecule has 20 heavy (non-hydrogen) atoms. The molecule has 1 aliphatic heterocycles. The summed E-state index contributed by atoms with van der Waals surface area (Å²) >= 11 is 0. The molecule has 0 atom stereocenters. The minimum absolute atomic E-state index is 0.155. The van der Waals surface area contributed by atoms with Crippen molar-refractivity contribution >= 4 is 6.09 Å². The van der Waals surface area contributed by atoms with Crippen molar-refractivity contribution in [1.29, 1.82) is 0 Å². The number of piperidine rings is 1. The van der Waals surface area contributed by atoms with Crippen LogP contribution in [0.1, 0.15) is 52.9 Å². The van der Waals surface area contributed by atoms with E-state index in [1.165, 1.54) is 19.3 Å². The summed E-state index contributed by atoms with van der Waals surface area (Å²) in [6.45, 7) is 9.70. The van der Waals surface area contributed by atoms with Gasteiger partial charge in [0, 0.05) is 13.1 Å². The van der Waals surface area contributed by atoms with Gasteiger partial charge in [-0.15, -0.1) is 0 Å². The molecule has 0 radical (unpaired) electrons. The van der Waals surface area contributed by atoms with Gasteiger partial charge in [-0.05, 0) is 65.0 Å². The van der Waals surface area contributed by atoms with Crippen LogP contribution in [0, 0.1) is 11.8 Å². The number of ether oxygens (including phenoxy) is 1. The van der Waals surface area contributed by atoms with Crippen LogP contribution in [0.15, 0.2) is 0 Å². The monoisotopic (exact) mass is 282 g/mol. The van der Waals surface area contributed by atoms with Gasteiger partial charge in [-0.1, -0.05) is 12.8 Å². The first kappa shape index (κ1) is 15.6. The standard InChI is InChI=1S/C16H30N2O2/c1-16(2,3)20-15(19)18-10-7-14(8-11-18)12-17-9-6-13-4-5-13/h13-14,17H,4-12H2,1-3H3. The Kier molecular flexibility index (Phi) is 5.30. The van der Waals surface area contributed by atoms with E-state index >= 15 is 0 Å². The van der Waals surface area contributed by atoms with E-state index in [1.807, 2.05) is 25.7 Å². The summed E-state index contributed by atoms with van der Waals surface area (Å²) in [5.74, 6) is 1.73. The van der Waals surface area contributed by atoms with Gasteiger partial charge in [-0.25, -0.2) is 4.79 Å². The zero-order valence-corrected chi connectivity index (χ0v) is 13.3. The van der Waals surface area contributed by atoms with Crippen LogP contribution >= 0.6 is 0 Å². The molecule has 0 spiro atoms.